The summed E-state index contributed by atoms with van der Waals surface area (Å²) in [4.78, 5) is 34.0. The molecular formula is C21H38N4O2. The minimum absolute atomic E-state index is 0.197. The van der Waals surface area contributed by atoms with Crippen LogP contribution in [0.5, 0.6) is 0 Å². The molecule has 6 nitrogen and oxygen atoms in total. The van der Waals surface area contributed by atoms with Gasteiger partial charge >= 0.3 is 0 Å². The Morgan fingerprint density at radius 2 is 1.59 bits per heavy atom. The minimum atomic E-state index is 0.197. The van der Waals surface area contributed by atoms with Crippen molar-refractivity contribution in [3.63, 3.8) is 0 Å². The number of hydrogen-bond donors (Lipinski definition) is 0. The predicted octanol–water partition coefficient (Wildman–Crippen LogP) is 1.65. The maximum atomic E-state index is 12.8. The molecule has 0 saturated carbocycles. The molecule has 0 aliphatic carbocycles. The maximum absolute atomic E-state index is 12.8. The molecule has 0 aromatic heterocycles. The Bertz CT molecular complexity index is 496. The summed E-state index contributed by atoms with van der Waals surface area (Å²) in [5, 5.41) is 0. The molecule has 3 aliphatic heterocycles. The lowest BCUT2D eigenvalue weighted by molar-refractivity contribution is -0.136. The van der Waals surface area contributed by atoms with Crippen LogP contribution in [-0.2, 0) is 9.59 Å². The SMILES string of the molecule is CN(C)CCCC(=O)N1CCC(N2CCC[C@@H](C(=O)N3CCCC3)C2)CC1. The third kappa shape index (κ3) is 5.67. The lowest BCUT2D eigenvalue weighted by Crippen LogP contribution is -2.51. The molecule has 3 fully saturated rings. The number of amides is 2. The molecule has 0 radical (unpaired) electrons. The van der Waals surface area contributed by atoms with Crippen molar-refractivity contribution in [1.29, 1.82) is 0 Å². The fourth-order valence-corrected chi connectivity index (χ4v) is 4.92. The number of hydrogen-bond acceptors (Lipinski definition) is 4. The first-order chi connectivity index (χ1) is 13.0. The van der Waals surface area contributed by atoms with E-state index in [2.05, 4.69) is 33.7 Å². The summed E-state index contributed by atoms with van der Waals surface area (Å²) >= 11 is 0. The van der Waals surface area contributed by atoms with Crippen molar-refractivity contribution in [1.82, 2.24) is 19.6 Å². The van der Waals surface area contributed by atoms with Crippen molar-refractivity contribution in [3.8, 4) is 0 Å². The van der Waals surface area contributed by atoms with Crippen molar-refractivity contribution in [2.75, 3.05) is 59.9 Å². The summed E-state index contributed by atoms with van der Waals surface area (Å²) < 4.78 is 0. The summed E-state index contributed by atoms with van der Waals surface area (Å²) in [6.45, 7) is 6.71. The van der Waals surface area contributed by atoms with Crippen LogP contribution in [0.2, 0.25) is 0 Å². The fraction of sp³-hybridized carbons (Fsp3) is 0.905. The molecule has 0 bridgehead atoms. The number of rotatable bonds is 6. The molecule has 27 heavy (non-hydrogen) atoms. The molecule has 0 N–H and O–H groups in total. The number of likely N-dealkylation sites (tertiary alicyclic amines) is 3. The highest BCUT2D eigenvalue weighted by molar-refractivity contribution is 5.79. The number of carbonyl (C=O) groups excluding carboxylic acids is 2. The second kappa shape index (κ2) is 9.87. The van der Waals surface area contributed by atoms with Gasteiger partial charge in [-0.25, -0.2) is 0 Å². The Kier molecular flexibility index (Phi) is 7.53. The first-order valence-corrected chi connectivity index (χ1v) is 11.0. The van der Waals surface area contributed by atoms with E-state index in [1.54, 1.807) is 0 Å². The smallest absolute Gasteiger partial charge is 0.226 e. The molecule has 1 atom stereocenters. The Morgan fingerprint density at radius 3 is 2.26 bits per heavy atom. The van der Waals surface area contributed by atoms with Crippen LogP contribution >= 0.6 is 0 Å². The van der Waals surface area contributed by atoms with Crippen LogP contribution in [0.3, 0.4) is 0 Å². The molecule has 0 aromatic carbocycles. The summed E-state index contributed by atoms with van der Waals surface area (Å²) in [6, 6.07) is 0.546. The van der Waals surface area contributed by atoms with Gasteiger partial charge in [-0.3, -0.25) is 14.5 Å². The van der Waals surface area contributed by atoms with Crippen molar-refractivity contribution in [2.24, 2.45) is 5.92 Å². The van der Waals surface area contributed by atoms with E-state index < -0.39 is 0 Å². The monoisotopic (exact) mass is 378 g/mol. The Balaban J connectivity index is 1.42. The first-order valence-electron chi connectivity index (χ1n) is 11.0. The first kappa shape index (κ1) is 20.6. The van der Waals surface area contributed by atoms with Crippen LogP contribution in [-0.4, -0.2) is 97.4 Å². The van der Waals surface area contributed by atoms with Crippen LogP contribution in [0.15, 0.2) is 0 Å². The average molecular weight is 379 g/mol. The van der Waals surface area contributed by atoms with Gasteiger partial charge in [0.1, 0.15) is 0 Å². The lowest BCUT2D eigenvalue weighted by Gasteiger charge is -2.42. The highest BCUT2D eigenvalue weighted by Gasteiger charge is 2.34. The molecule has 3 aliphatic rings. The van der Waals surface area contributed by atoms with Gasteiger partial charge in [-0.15, -0.1) is 0 Å². The Morgan fingerprint density at radius 1 is 0.889 bits per heavy atom. The topological polar surface area (TPSA) is 47.1 Å². The van der Waals surface area contributed by atoms with E-state index in [1.165, 1.54) is 12.8 Å². The highest BCUT2D eigenvalue weighted by Crippen LogP contribution is 2.26. The van der Waals surface area contributed by atoms with Crippen molar-refractivity contribution in [3.05, 3.63) is 0 Å². The summed E-state index contributed by atoms with van der Waals surface area (Å²) in [5.41, 5.74) is 0. The highest BCUT2D eigenvalue weighted by atomic mass is 16.2. The van der Waals surface area contributed by atoms with E-state index in [4.69, 9.17) is 0 Å². The molecule has 3 heterocycles. The fourth-order valence-electron chi connectivity index (χ4n) is 4.92. The zero-order valence-electron chi connectivity index (χ0n) is 17.4. The van der Waals surface area contributed by atoms with Crippen molar-refractivity contribution < 1.29 is 9.59 Å². The van der Waals surface area contributed by atoms with Crippen molar-refractivity contribution >= 4 is 11.8 Å². The van der Waals surface area contributed by atoms with Gasteiger partial charge in [0.15, 0.2) is 0 Å². The van der Waals surface area contributed by atoms with Crippen LogP contribution < -0.4 is 0 Å². The minimum Gasteiger partial charge on any atom is -0.343 e. The Hall–Kier alpha value is -1.14. The third-order valence-electron chi connectivity index (χ3n) is 6.55. The van der Waals surface area contributed by atoms with Gasteiger partial charge in [-0.05, 0) is 72.1 Å². The van der Waals surface area contributed by atoms with E-state index in [0.717, 1.165) is 77.9 Å². The zero-order chi connectivity index (χ0) is 19.2. The summed E-state index contributed by atoms with van der Waals surface area (Å²) in [5.74, 6) is 0.907. The molecule has 0 aromatic rings. The summed E-state index contributed by atoms with van der Waals surface area (Å²) in [7, 11) is 4.10. The van der Waals surface area contributed by atoms with Gasteiger partial charge in [-0.2, -0.15) is 0 Å². The van der Waals surface area contributed by atoms with Gasteiger partial charge < -0.3 is 14.7 Å². The van der Waals surface area contributed by atoms with Gasteiger partial charge in [0, 0.05) is 45.2 Å². The molecule has 3 rings (SSSR count). The second-order valence-corrected chi connectivity index (χ2v) is 8.89. The van der Waals surface area contributed by atoms with Gasteiger partial charge in [0.25, 0.3) is 0 Å². The molecule has 2 amide bonds. The standard InChI is InChI=1S/C21H38N4O2/c1-22(2)11-6-8-20(26)23-15-9-19(10-16-23)25-14-5-7-18(17-25)21(27)24-12-3-4-13-24/h18-19H,3-17H2,1-2H3/t18-/m1/s1. The van der Waals surface area contributed by atoms with Crippen LogP contribution in [0, 0.1) is 5.92 Å². The van der Waals surface area contributed by atoms with Crippen LogP contribution in [0.1, 0.15) is 51.4 Å². The van der Waals surface area contributed by atoms with Gasteiger partial charge in [0.05, 0.1) is 5.92 Å². The molecular weight excluding hydrogens is 340 g/mol. The van der Waals surface area contributed by atoms with Crippen LogP contribution in [0.25, 0.3) is 0 Å². The summed E-state index contributed by atoms with van der Waals surface area (Å²) in [6.07, 6.45) is 8.25. The van der Waals surface area contributed by atoms with E-state index in [1.807, 2.05) is 0 Å². The van der Waals surface area contributed by atoms with E-state index in [0.29, 0.717) is 24.3 Å². The average Bonchev–Trinajstić information content (AvgIpc) is 3.22. The lowest BCUT2D eigenvalue weighted by atomic mass is 9.93. The molecule has 0 unspecified atom stereocenters. The molecule has 154 valence electrons. The van der Waals surface area contributed by atoms with E-state index in [9.17, 15) is 9.59 Å². The predicted molar refractivity (Wildman–Crippen MR) is 108 cm³/mol. The van der Waals surface area contributed by atoms with E-state index in [-0.39, 0.29) is 5.92 Å². The van der Waals surface area contributed by atoms with E-state index >= 15 is 0 Å². The number of carbonyl (C=O) groups is 2. The van der Waals surface area contributed by atoms with Gasteiger partial charge in [-0.1, -0.05) is 0 Å². The molecule has 6 heteroatoms. The third-order valence-corrected chi connectivity index (χ3v) is 6.55. The molecule has 0 spiro atoms. The molecule has 3 saturated heterocycles. The number of piperidine rings is 2. The van der Waals surface area contributed by atoms with Gasteiger partial charge in [0.2, 0.25) is 11.8 Å². The number of nitrogens with zero attached hydrogens (tertiary/aromatic N) is 4. The Labute approximate surface area is 164 Å². The normalized spacial score (nSPS) is 25.4. The largest absolute Gasteiger partial charge is 0.343 e. The maximum Gasteiger partial charge on any atom is 0.226 e. The van der Waals surface area contributed by atoms with Crippen LogP contribution in [0.4, 0.5) is 0 Å². The zero-order valence-corrected chi connectivity index (χ0v) is 17.4. The second-order valence-electron chi connectivity index (χ2n) is 8.89. The van der Waals surface area contributed by atoms with Crippen molar-refractivity contribution in [2.45, 2.75) is 57.4 Å². The quantitative estimate of drug-likeness (QED) is 0.705.